The second kappa shape index (κ2) is 6.65. The molecule has 3 rings (SSSR count). The van der Waals surface area contributed by atoms with Crippen LogP contribution in [0, 0.1) is 0 Å². The minimum Gasteiger partial charge on any atom is -0.481 e. The van der Waals surface area contributed by atoms with E-state index in [1.165, 1.54) is 0 Å². The Morgan fingerprint density at radius 1 is 1.17 bits per heavy atom. The van der Waals surface area contributed by atoms with E-state index in [0.717, 1.165) is 5.56 Å². The number of carbonyl (C=O) groups excluding carboxylic acids is 1. The Morgan fingerprint density at radius 2 is 1.83 bits per heavy atom. The quantitative estimate of drug-likeness (QED) is 0.922. The molecule has 1 aliphatic heterocycles. The Hall–Kier alpha value is -2.33. The largest absolute Gasteiger partial charge is 0.481 e. The van der Waals surface area contributed by atoms with E-state index in [0.29, 0.717) is 29.1 Å². The Kier molecular flexibility index (Phi) is 4.58. The lowest BCUT2D eigenvalue weighted by atomic mass is 9.83. The summed E-state index contributed by atoms with van der Waals surface area (Å²) in [4.78, 5) is 26.2. The highest BCUT2D eigenvalue weighted by atomic mass is 35.5. The summed E-state index contributed by atoms with van der Waals surface area (Å²) in [6.07, 6.45) is 0.655. The molecular formula is C19H18ClNO3. The highest BCUT2D eigenvalue weighted by molar-refractivity contribution is 6.30. The topological polar surface area (TPSA) is 57.6 Å². The standard InChI is InChI=1S/C19H18ClNO3/c1-12-17(19(23)24)15-4-2-3-5-16(15)18(22)21(12)11-10-13-6-8-14(20)9-7-13/h2-9,12,17H,10-11H2,1H3,(H,23,24). The maximum Gasteiger partial charge on any atom is 0.313 e. The van der Waals surface area contributed by atoms with Crippen LogP contribution in [0.1, 0.15) is 34.3 Å². The van der Waals surface area contributed by atoms with Gasteiger partial charge in [0.15, 0.2) is 0 Å². The summed E-state index contributed by atoms with van der Waals surface area (Å²) in [5, 5.41) is 10.3. The van der Waals surface area contributed by atoms with Gasteiger partial charge in [-0.3, -0.25) is 9.59 Å². The summed E-state index contributed by atoms with van der Waals surface area (Å²) < 4.78 is 0. The molecule has 0 fully saturated rings. The van der Waals surface area contributed by atoms with Crippen LogP contribution in [0.2, 0.25) is 5.02 Å². The van der Waals surface area contributed by atoms with Crippen molar-refractivity contribution in [3.63, 3.8) is 0 Å². The molecular weight excluding hydrogens is 326 g/mol. The van der Waals surface area contributed by atoms with Gasteiger partial charge in [0.05, 0.1) is 0 Å². The van der Waals surface area contributed by atoms with Crippen molar-refractivity contribution in [3.05, 3.63) is 70.2 Å². The fraction of sp³-hybridized carbons (Fsp3) is 0.263. The molecule has 4 nitrogen and oxygen atoms in total. The molecule has 0 aromatic heterocycles. The van der Waals surface area contributed by atoms with Crippen molar-refractivity contribution in [2.75, 3.05) is 6.54 Å². The summed E-state index contributed by atoms with van der Waals surface area (Å²) in [7, 11) is 0. The molecule has 1 amide bonds. The van der Waals surface area contributed by atoms with Crippen LogP contribution in [0.4, 0.5) is 0 Å². The predicted molar refractivity (Wildman–Crippen MR) is 92.5 cm³/mol. The van der Waals surface area contributed by atoms with Crippen molar-refractivity contribution < 1.29 is 14.7 Å². The monoisotopic (exact) mass is 343 g/mol. The second-order valence-corrected chi connectivity index (χ2v) is 6.46. The van der Waals surface area contributed by atoms with E-state index < -0.39 is 17.9 Å². The molecule has 2 unspecified atom stereocenters. The molecule has 0 aliphatic carbocycles. The average molecular weight is 344 g/mol. The number of benzene rings is 2. The molecule has 124 valence electrons. The summed E-state index contributed by atoms with van der Waals surface area (Å²) in [6.45, 7) is 2.27. The summed E-state index contributed by atoms with van der Waals surface area (Å²) in [6, 6.07) is 14.1. The third kappa shape index (κ3) is 3.02. The molecule has 24 heavy (non-hydrogen) atoms. The van der Waals surface area contributed by atoms with E-state index in [2.05, 4.69) is 0 Å². The van der Waals surface area contributed by atoms with Crippen molar-refractivity contribution >= 4 is 23.5 Å². The number of amides is 1. The van der Waals surface area contributed by atoms with Crippen molar-refractivity contribution in [2.24, 2.45) is 0 Å². The number of carboxylic acid groups (broad SMARTS) is 1. The van der Waals surface area contributed by atoms with Crippen molar-refractivity contribution in [2.45, 2.75) is 25.3 Å². The van der Waals surface area contributed by atoms with Gasteiger partial charge in [0, 0.05) is 23.2 Å². The van der Waals surface area contributed by atoms with E-state index in [-0.39, 0.29) is 5.91 Å². The van der Waals surface area contributed by atoms with Crippen molar-refractivity contribution in [1.29, 1.82) is 0 Å². The van der Waals surface area contributed by atoms with E-state index in [9.17, 15) is 14.7 Å². The molecule has 2 atom stereocenters. The summed E-state index contributed by atoms with van der Waals surface area (Å²) >= 11 is 5.89. The second-order valence-electron chi connectivity index (χ2n) is 6.02. The lowest BCUT2D eigenvalue weighted by Gasteiger charge is -2.38. The van der Waals surface area contributed by atoms with Crippen LogP contribution in [-0.2, 0) is 11.2 Å². The minimum absolute atomic E-state index is 0.107. The number of carbonyl (C=O) groups is 2. The fourth-order valence-electron chi connectivity index (χ4n) is 3.29. The van der Waals surface area contributed by atoms with Crippen LogP contribution in [0.15, 0.2) is 48.5 Å². The van der Waals surface area contributed by atoms with Crippen LogP contribution < -0.4 is 0 Å². The minimum atomic E-state index is -0.904. The molecule has 0 radical (unpaired) electrons. The first-order valence-corrected chi connectivity index (χ1v) is 8.24. The third-order valence-corrected chi connectivity index (χ3v) is 4.83. The first kappa shape index (κ1) is 16.5. The molecule has 0 bridgehead atoms. The van der Waals surface area contributed by atoms with E-state index in [4.69, 9.17) is 11.6 Å². The van der Waals surface area contributed by atoms with Crippen molar-refractivity contribution in [1.82, 2.24) is 4.90 Å². The van der Waals surface area contributed by atoms with Gasteiger partial charge in [-0.15, -0.1) is 0 Å². The molecule has 0 saturated heterocycles. The Morgan fingerprint density at radius 3 is 2.50 bits per heavy atom. The predicted octanol–water partition coefficient (Wildman–Crippen LogP) is 3.60. The molecule has 1 aliphatic rings. The maximum absolute atomic E-state index is 12.8. The first-order valence-electron chi connectivity index (χ1n) is 7.86. The number of hydrogen-bond donors (Lipinski definition) is 1. The molecule has 1 heterocycles. The van der Waals surface area contributed by atoms with Crippen LogP contribution in [0.3, 0.4) is 0 Å². The highest BCUT2D eigenvalue weighted by Gasteiger charge is 2.40. The van der Waals surface area contributed by atoms with Crippen LogP contribution in [0.25, 0.3) is 0 Å². The van der Waals surface area contributed by atoms with Crippen LogP contribution >= 0.6 is 11.6 Å². The lowest BCUT2D eigenvalue weighted by molar-refractivity contribution is -0.140. The average Bonchev–Trinajstić information content (AvgIpc) is 2.56. The summed E-state index contributed by atoms with van der Waals surface area (Å²) in [5.74, 6) is -1.72. The molecule has 2 aromatic carbocycles. The normalized spacial score (nSPS) is 19.9. The van der Waals surface area contributed by atoms with Gasteiger partial charge in [0.25, 0.3) is 5.91 Å². The van der Waals surface area contributed by atoms with Gasteiger partial charge in [-0.05, 0) is 42.7 Å². The molecule has 0 saturated carbocycles. The third-order valence-electron chi connectivity index (χ3n) is 4.58. The molecule has 0 spiro atoms. The van der Waals surface area contributed by atoms with Gasteiger partial charge >= 0.3 is 5.97 Å². The zero-order chi connectivity index (χ0) is 17.3. The Balaban J connectivity index is 1.86. The molecule has 2 aromatic rings. The van der Waals surface area contributed by atoms with Gasteiger partial charge < -0.3 is 10.0 Å². The number of nitrogens with zero attached hydrogens (tertiary/aromatic N) is 1. The van der Waals surface area contributed by atoms with Crippen LogP contribution in [0.5, 0.6) is 0 Å². The summed E-state index contributed by atoms with van der Waals surface area (Å²) in [5.41, 5.74) is 2.15. The van der Waals surface area contributed by atoms with Gasteiger partial charge in [-0.2, -0.15) is 0 Å². The number of carboxylic acids is 1. The zero-order valence-electron chi connectivity index (χ0n) is 13.3. The Bertz CT molecular complexity index is 772. The number of rotatable bonds is 4. The van der Waals surface area contributed by atoms with Gasteiger partial charge in [0.1, 0.15) is 5.92 Å². The lowest BCUT2D eigenvalue weighted by Crippen LogP contribution is -2.49. The number of hydrogen-bond acceptors (Lipinski definition) is 2. The first-order chi connectivity index (χ1) is 11.5. The van der Waals surface area contributed by atoms with Crippen molar-refractivity contribution in [3.8, 4) is 0 Å². The molecule has 5 heteroatoms. The Labute approximate surface area is 145 Å². The zero-order valence-corrected chi connectivity index (χ0v) is 14.0. The number of halogens is 1. The van der Waals surface area contributed by atoms with Gasteiger partial charge in [-0.1, -0.05) is 41.9 Å². The van der Waals surface area contributed by atoms with E-state index in [1.807, 2.05) is 24.3 Å². The fourth-order valence-corrected chi connectivity index (χ4v) is 3.41. The highest BCUT2D eigenvalue weighted by Crippen LogP contribution is 2.33. The molecule has 1 N–H and O–H groups in total. The number of aliphatic carboxylic acids is 1. The van der Waals surface area contributed by atoms with E-state index >= 15 is 0 Å². The SMILES string of the molecule is CC1C(C(=O)O)c2ccccc2C(=O)N1CCc1ccc(Cl)cc1. The number of fused-ring (bicyclic) bond motifs is 1. The van der Waals surface area contributed by atoms with E-state index in [1.54, 1.807) is 36.1 Å². The van der Waals surface area contributed by atoms with Gasteiger partial charge in [-0.25, -0.2) is 0 Å². The van der Waals surface area contributed by atoms with Gasteiger partial charge in [0.2, 0.25) is 0 Å². The maximum atomic E-state index is 12.8. The van der Waals surface area contributed by atoms with Crippen LogP contribution in [-0.4, -0.2) is 34.5 Å². The smallest absolute Gasteiger partial charge is 0.313 e.